The Hall–Kier alpha value is -3.58. The number of anilines is 1. The molecule has 4 rings (SSSR count). The Balaban J connectivity index is 1.49. The fraction of sp³-hybridized carbons (Fsp3) is 0.160. The molecule has 0 spiro atoms. The normalized spacial score (nSPS) is 10.7. The largest absolute Gasteiger partial charge is 0.486 e. The van der Waals surface area contributed by atoms with E-state index in [2.05, 4.69) is 22.4 Å². The molecule has 0 bridgehead atoms. The Morgan fingerprint density at radius 3 is 2.38 bits per heavy atom. The third-order valence-electron chi connectivity index (χ3n) is 4.83. The van der Waals surface area contributed by atoms with Crippen molar-refractivity contribution in [3.8, 4) is 11.4 Å². The Morgan fingerprint density at radius 2 is 1.62 bits per heavy atom. The Kier molecular flexibility index (Phi) is 7.19. The first-order chi connectivity index (χ1) is 15.7. The highest BCUT2D eigenvalue weighted by molar-refractivity contribution is 7.99. The highest BCUT2D eigenvalue weighted by Crippen LogP contribution is 2.24. The van der Waals surface area contributed by atoms with Gasteiger partial charge in [-0.1, -0.05) is 73.3 Å². The lowest BCUT2D eigenvalue weighted by Crippen LogP contribution is -2.16. The molecule has 0 unspecified atom stereocenters. The van der Waals surface area contributed by atoms with Crippen LogP contribution in [0.4, 0.5) is 5.69 Å². The average molecular weight is 445 g/mol. The van der Waals surface area contributed by atoms with E-state index in [9.17, 15) is 4.79 Å². The predicted molar refractivity (Wildman–Crippen MR) is 127 cm³/mol. The molecule has 1 amide bonds. The Bertz CT molecular complexity index is 1160. The summed E-state index contributed by atoms with van der Waals surface area (Å²) in [5.74, 6) is 1.57. The van der Waals surface area contributed by atoms with E-state index in [-0.39, 0.29) is 18.3 Å². The molecule has 1 aromatic heterocycles. The molecule has 0 saturated heterocycles. The predicted octanol–water partition coefficient (Wildman–Crippen LogP) is 5.14. The molecule has 32 heavy (non-hydrogen) atoms. The van der Waals surface area contributed by atoms with Crippen molar-refractivity contribution in [3.63, 3.8) is 0 Å². The summed E-state index contributed by atoms with van der Waals surface area (Å²) in [6, 6.07) is 27.3. The highest BCUT2D eigenvalue weighted by atomic mass is 32.2. The molecule has 0 saturated carbocycles. The van der Waals surface area contributed by atoms with Gasteiger partial charge in [0.2, 0.25) is 5.91 Å². The minimum absolute atomic E-state index is 0.0828. The third kappa shape index (κ3) is 5.36. The summed E-state index contributed by atoms with van der Waals surface area (Å²) in [7, 11) is 0. The van der Waals surface area contributed by atoms with Crippen LogP contribution < -0.4 is 10.1 Å². The number of aromatic nitrogens is 3. The maximum atomic E-state index is 12.6. The number of para-hydroxylation sites is 3. The first kappa shape index (κ1) is 21.6. The van der Waals surface area contributed by atoms with Crippen LogP contribution in [0.15, 0.2) is 90.1 Å². The first-order valence-corrected chi connectivity index (χ1v) is 11.4. The number of thioether (sulfide) groups is 1. The summed E-state index contributed by atoms with van der Waals surface area (Å²) in [4.78, 5) is 12.6. The molecular formula is C25H24N4O2S. The lowest BCUT2D eigenvalue weighted by atomic mass is 10.1. The van der Waals surface area contributed by atoms with Crippen molar-refractivity contribution < 1.29 is 9.53 Å². The number of nitrogens with zero attached hydrogens (tertiary/aromatic N) is 3. The lowest BCUT2D eigenvalue weighted by Gasteiger charge is -2.12. The van der Waals surface area contributed by atoms with Gasteiger partial charge in [0, 0.05) is 11.4 Å². The van der Waals surface area contributed by atoms with Gasteiger partial charge in [-0.05, 0) is 42.3 Å². The minimum Gasteiger partial charge on any atom is -0.486 e. The van der Waals surface area contributed by atoms with Crippen LogP contribution in [0.2, 0.25) is 0 Å². The van der Waals surface area contributed by atoms with Crippen LogP contribution in [-0.2, 0) is 17.8 Å². The summed E-state index contributed by atoms with van der Waals surface area (Å²) in [6.07, 6.45) is 0.858. The van der Waals surface area contributed by atoms with Crippen molar-refractivity contribution >= 4 is 23.4 Å². The topological polar surface area (TPSA) is 69.0 Å². The molecule has 0 aliphatic heterocycles. The van der Waals surface area contributed by atoms with Crippen LogP contribution in [0, 0.1) is 0 Å². The molecule has 0 aliphatic carbocycles. The van der Waals surface area contributed by atoms with E-state index in [1.54, 1.807) is 0 Å². The number of carbonyl (C=O) groups is 1. The van der Waals surface area contributed by atoms with Gasteiger partial charge in [-0.2, -0.15) is 0 Å². The maximum Gasteiger partial charge on any atom is 0.234 e. The standard InChI is InChI=1S/C25H24N4O2S/c1-2-19-11-9-10-16-22(19)26-24(30)18-32-25-28-27-23(17-31-21-14-7-4-8-15-21)29(25)20-12-5-3-6-13-20/h3-16H,2,17-18H2,1H3,(H,26,30). The molecule has 6 nitrogen and oxygen atoms in total. The van der Waals surface area contributed by atoms with Gasteiger partial charge in [0.05, 0.1) is 5.75 Å². The summed E-state index contributed by atoms with van der Waals surface area (Å²) in [5.41, 5.74) is 2.88. The van der Waals surface area contributed by atoms with Crippen LogP contribution in [0.1, 0.15) is 18.3 Å². The maximum absolute atomic E-state index is 12.6. The molecule has 3 aromatic carbocycles. The third-order valence-corrected chi connectivity index (χ3v) is 5.76. The zero-order valence-corrected chi connectivity index (χ0v) is 18.6. The monoisotopic (exact) mass is 444 g/mol. The zero-order chi connectivity index (χ0) is 22.2. The van der Waals surface area contributed by atoms with Crippen molar-refractivity contribution in [2.45, 2.75) is 25.1 Å². The van der Waals surface area contributed by atoms with Gasteiger partial charge in [-0.15, -0.1) is 10.2 Å². The van der Waals surface area contributed by atoms with Gasteiger partial charge in [0.25, 0.3) is 0 Å². The number of aryl methyl sites for hydroxylation is 1. The van der Waals surface area contributed by atoms with Crippen molar-refractivity contribution in [3.05, 3.63) is 96.3 Å². The van der Waals surface area contributed by atoms with Crippen molar-refractivity contribution in [2.75, 3.05) is 11.1 Å². The zero-order valence-electron chi connectivity index (χ0n) is 17.8. The fourth-order valence-electron chi connectivity index (χ4n) is 3.26. The summed E-state index contributed by atoms with van der Waals surface area (Å²) in [5, 5.41) is 12.3. The number of rotatable bonds is 9. The average Bonchev–Trinajstić information content (AvgIpc) is 3.26. The van der Waals surface area contributed by atoms with Crippen LogP contribution >= 0.6 is 11.8 Å². The van der Waals surface area contributed by atoms with E-state index in [0.717, 1.165) is 29.1 Å². The molecule has 0 atom stereocenters. The number of carbonyl (C=O) groups excluding carboxylic acids is 1. The SMILES string of the molecule is CCc1ccccc1NC(=O)CSc1nnc(COc2ccccc2)n1-c1ccccc1. The van der Waals surface area contributed by atoms with Crippen LogP contribution in [-0.4, -0.2) is 26.4 Å². The number of hydrogen-bond acceptors (Lipinski definition) is 5. The first-order valence-electron chi connectivity index (χ1n) is 10.4. The van der Waals surface area contributed by atoms with E-state index in [1.165, 1.54) is 11.8 Å². The number of nitrogens with one attached hydrogen (secondary N) is 1. The van der Waals surface area contributed by atoms with E-state index in [4.69, 9.17) is 4.74 Å². The summed E-state index contributed by atoms with van der Waals surface area (Å²) < 4.78 is 7.82. The van der Waals surface area contributed by atoms with Gasteiger partial charge < -0.3 is 10.1 Å². The van der Waals surface area contributed by atoms with E-state index in [0.29, 0.717) is 11.0 Å². The fourth-order valence-corrected chi connectivity index (χ4v) is 4.03. The van der Waals surface area contributed by atoms with Crippen LogP contribution in [0.25, 0.3) is 5.69 Å². The number of amides is 1. The molecule has 4 aromatic rings. The van der Waals surface area contributed by atoms with Crippen LogP contribution in [0.3, 0.4) is 0 Å². The molecule has 7 heteroatoms. The number of hydrogen-bond donors (Lipinski definition) is 1. The van der Waals surface area contributed by atoms with Crippen molar-refractivity contribution in [2.24, 2.45) is 0 Å². The van der Waals surface area contributed by atoms with Gasteiger partial charge >= 0.3 is 0 Å². The Morgan fingerprint density at radius 1 is 0.938 bits per heavy atom. The molecule has 1 heterocycles. The molecule has 1 N–H and O–H groups in total. The summed E-state index contributed by atoms with van der Waals surface area (Å²) >= 11 is 1.35. The second kappa shape index (κ2) is 10.6. The second-order valence-corrected chi connectivity index (χ2v) is 7.96. The van der Waals surface area contributed by atoms with Gasteiger partial charge in [0.1, 0.15) is 12.4 Å². The summed E-state index contributed by atoms with van der Waals surface area (Å²) in [6.45, 7) is 2.34. The number of benzene rings is 3. The van der Waals surface area contributed by atoms with Crippen molar-refractivity contribution in [1.82, 2.24) is 14.8 Å². The molecule has 0 fully saturated rings. The molecule has 0 radical (unpaired) electrons. The van der Waals surface area contributed by atoms with Crippen LogP contribution in [0.5, 0.6) is 5.75 Å². The molecule has 162 valence electrons. The molecule has 0 aliphatic rings. The van der Waals surface area contributed by atoms with Gasteiger partial charge in [-0.3, -0.25) is 9.36 Å². The van der Waals surface area contributed by atoms with Crippen molar-refractivity contribution in [1.29, 1.82) is 0 Å². The second-order valence-electron chi connectivity index (χ2n) is 7.02. The Labute approximate surface area is 191 Å². The highest BCUT2D eigenvalue weighted by Gasteiger charge is 2.17. The van der Waals surface area contributed by atoms with E-state index < -0.39 is 0 Å². The van der Waals surface area contributed by atoms with E-state index in [1.807, 2.05) is 89.5 Å². The number of ether oxygens (including phenoxy) is 1. The van der Waals surface area contributed by atoms with Gasteiger partial charge in [-0.25, -0.2) is 0 Å². The quantitative estimate of drug-likeness (QED) is 0.362. The smallest absolute Gasteiger partial charge is 0.234 e. The minimum atomic E-state index is -0.0828. The molecular weight excluding hydrogens is 420 g/mol. The van der Waals surface area contributed by atoms with E-state index >= 15 is 0 Å². The van der Waals surface area contributed by atoms with Gasteiger partial charge in [0.15, 0.2) is 11.0 Å². The lowest BCUT2D eigenvalue weighted by molar-refractivity contribution is -0.113.